The number of benzene rings is 1. The number of hydrogen-bond acceptors (Lipinski definition) is 2. The van der Waals surface area contributed by atoms with Gasteiger partial charge in [0.05, 0.1) is 12.7 Å². The van der Waals surface area contributed by atoms with Crippen molar-refractivity contribution in [3.63, 3.8) is 0 Å². The van der Waals surface area contributed by atoms with E-state index < -0.39 is 0 Å². The van der Waals surface area contributed by atoms with Gasteiger partial charge in [-0.3, -0.25) is 0 Å². The molecular formula is C13H17NO. The van der Waals surface area contributed by atoms with Crippen LogP contribution in [0.15, 0.2) is 12.1 Å². The summed E-state index contributed by atoms with van der Waals surface area (Å²) in [5.74, 6) is 0.704. The second-order valence-corrected chi connectivity index (χ2v) is 4.76. The molecule has 0 spiro atoms. The number of nitrogens with zero attached hydrogens (tertiary/aromatic N) is 1. The third-order valence-corrected chi connectivity index (χ3v) is 2.37. The van der Waals surface area contributed by atoms with Gasteiger partial charge in [0, 0.05) is 5.56 Å². The summed E-state index contributed by atoms with van der Waals surface area (Å²) in [6.45, 7) is 8.35. The first kappa shape index (κ1) is 11.6. The Morgan fingerprint density at radius 2 is 1.87 bits per heavy atom. The highest BCUT2D eigenvalue weighted by atomic mass is 16.5. The zero-order valence-corrected chi connectivity index (χ0v) is 10.0. The molecule has 0 saturated carbocycles. The van der Waals surface area contributed by atoms with E-state index in [1.54, 1.807) is 7.11 Å². The van der Waals surface area contributed by atoms with E-state index in [-0.39, 0.29) is 5.41 Å². The molecule has 80 valence electrons. The molecule has 0 bridgehead atoms. The Balaban J connectivity index is 3.51. The SMILES string of the molecule is COc1c(C#N)cc(C)cc1C(C)(C)C. The number of ether oxygens (including phenoxy) is 1. The summed E-state index contributed by atoms with van der Waals surface area (Å²) in [6, 6.07) is 6.11. The largest absolute Gasteiger partial charge is 0.495 e. The van der Waals surface area contributed by atoms with Gasteiger partial charge in [0.15, 0.2) is 0 Å². The maximum atomic E-state index is 9.03. The molecule has 0 aliphatic rings. The molecule has 0 atom stereocenters. The van der Waals surface area contributed by atoms with Crippen molar-refractivity contribution in [2.45, 2.75) is 33.1 Å². The van der Waals surface area contributed by atoms with Gasteiger partial charge in [0.1, 0.15) is 11.8 Å². The Kier molecular flexibility index (Phi) is 3.04. The van der Waals surface area contributed by atoms with Crippen LogP contribution in [0.25, 0.3) is 0 Å². The van der Waals surface area contributed by atoms with Crippen molar-refractivity contribution in [2.24, 2.45) is 0 Å². The van der Waals surface area contributed by atoms with Crippen LogP contribution >= 0.6 is 0 Å². The van der Waals surface area contributed by atoms with Crippen molar-refractivity contribution in [1.82, 2.24) is 0 Å². The normalized spacial score (nSPS) is 10.9. The molecule has 1 rings (SSSR count). The van der Waals surface area contributed by atoms with Crippen LogP contribution in [0, 0.1) is 18.3 Å². The van der Waals surface area contributed by atoms with Gasteiger partial charge in [-0.1, -0.05) is 26.8 Å². The second-order valence-electron chi connectivity index (χ2n) is 4.76. The van der Waals surface area contributed by atoms with Gasteiger partial charge in [-0.2, -0.15) is 5.26 Å². The third-order valence-electron chi connectivity index (χ3n) is 2.37. The molecule has 0 N–H and O–H groups in total. The lowest BCUT2D eigenvalue weighted by Gasteiger charge is -2.23. The first-order valence-corrected chi connectivity index (χ1v) is 4.99. The minimum atomic E-state index is -0.0109. The predicted octanol–water partition coefficient (Wildman–Crippen LogP) is 3.17. The van der Waals surface area contributed by atoms with Crippen LogP contribution in [0.3, 0.4) is 0 Å². The third kappa shape index (κ3) is 2.30. The molecule has 15 heavy (non-hydrogen) atoms. The smallest absolute Gasteiger partial charge is 0.140 e. The number of hydrogen-bond donors (Lipinski definition) is 0. The van der Waals surface area contributed by atoms with Crippen LogP contribution in [0.1, 0.15) is 37.5 Å². The highest BCUT2D eigenvalue weighted by Crippen LogP contribution is 2.34. The summed E-state index contributed by atoms with van der Waals surface area (Å²) in [6.07, 6.45) is 0. The molecule has 2 nitrogen and oxygen atoms in total. The second kappa shape index (κ2) is 3.94. The minimum absolute atomic E-state index is 0.0109. The molecule has 0 unspecified atom stereocenters. The summed E-state index contributed by atoms with van der Waals surface area (Å²) in [5, 5.41) is 9.03. The zero-order chi connectivity index (χ0) is 11.6. The van der Waals surface area contributed by atoms with Crippen molar-refractivity contribution in [1.29, 1.82) is 5.26 Å². The van der Waals surface area contributed by atoms with Crippen LogP contribution in [-0.4, -0.2) is 7.11 Å². The predicted molar refractivity (Wildman–Crippen MR) is 61.1 cm³/mol. The molecule has 1 aromatic carbocycles. The van der Waals surface area contributed by atoms with E-state index in [0.717, 1.165) is 11.1 Å². The van der Waals surface area contributed by atoms with Gasteiger partial charge in [0.25, 0.3) is 0 Å². The summed E-state index contributed by atoms with van der Waals surface area (Å²) in [4.78, 5) is 0. The van der Waals surface area contributed by atoms with E-state index in [1.807, 2.05) is 13.0 Å². The average molecular weight is 203 g/mol. The lowest BCUT2D eigenvalue weighted by molar-refractivity contribution is 0.396. The summed E-state index contributed by atoms with van der Waals surface area (Å²) < 4.78 is 5.33. The fourth-order valence-electron chi connectivity index (χ4n) is 1.63. The van der Waals surface area contributed by atoms with Crippen LogP contribution in [-0.2, 0) is 5.41 Å². The summed E-state index contributed by atoms with van der Waals surface area (Å²) in [7, 11) is 1.61. The fourth-order valence-corrected chi connectivity index (χ4v) is 1.63. The molecule has 2 heteroatoms. The highest BCUT2D eigenvalue weighted by Gasteiger charge is 2.21. The van der Waals surface area contributed by atoms with Crippen molar-refractivity contribution in [3.05, 3.63) is 28.8 Å². The van der Waals surface area contributed by atoms with Gasteiger partial charge in [0.2, 0.25) is 0 Å². The minimum Gasteiger partial charge on any atom is -0.495 e. The van der Waals surface area contributed by atoms with Crippen molar-refractivity contribution < 1.29 is 4.74 Å². The van der Waals surface area contributed by atoms with Gasteiger partial charge in [-0.05, 0) is 24.0 Å². The highest BCUT2D eigenvalue weighted by molar-refractivity contribution is 5.53. The molecule has 0 fully saturated rings. The van der Waals surface area contributed by atoms with E-state index in [1.165, 1.54) is 0 Å². The maximum Gasteiger partial charge on any atom is 0.140 e. The van der Waals surface area contributed by atoms with Crippen LogP contribution < -0.4 is 4.74 Å². The Hall–Kier alpha value is -1.49. The number of rotatable bonds is 1. The number of aryl methyl sites for hydroxylation is 1. The Morgan fingerprint density at radius 1 is 1.27 bits per heavy atom. The van der Waals surface area contributed by atoms with E-state index in [0.29, 0.717) is 11.3 Å². The average Bonchev–Trinajstić information content (AvgIpc) is 2.15. The first-order valence-electron chi connectivity index (χ1n) is 4.99. The molecule has 0 saturated heterocycles. The van der Waals surface area contributed by atoms with Crippen molar-refractivity contribution in [3.8, 4) is 11.8 Å². The first-order chi connectivity index (χ1) is 6.90. The van der Waals surface area contributed by atoms with Crippen LogP contribution in [0.2, 0.25) is 0 Å². The van der Waals surface area contributed by atoms with E-state index >= 15 is 0 Å². The molecule has 0 amide bonds. The molecule has 1 aromatic rings. The van der Waals surface area contributed by atoms with Gasteiger partial charge in [-0.15, -0.1) is 0 Å². The number of methoxy groups -OCH3 is 1. The van der Waals surface area contributed by atoms with Crippen molar-refractivity contribution in [2.75, 3.05) is 7.11 Å². The molecule has 0 aliphatic carbocycles. The molecule has 0 aliphatic heterocycles. The summed E-state index contributed by atoms with van der Waals surface area (Å²) >= 11 is 0. The standard InChI is InChI=1S/C13H17NO/c1-9-6-10(8-14)12(15-5)11(7-9)13(2,3)4/h6-7H,1-5H3. The zero-order valence-electron chi connectivity index (χ0n) is 10.0. The van der Waals surface area contributed by atoms with Gasteiger partial charge < -0.3 is 4.74 Å². The lowest BCUT2D eigenvalue weighted by atomic mass is 9.84. The number of nitriles is 1. The van der Waals surface area contributed by atoms with Crippen LogP contribution in [0.4, 0.5) is 0 Å². The van der Waals surface area contributed by atoms with E-state index in [9.17, 15) is 0 Å². The van der Waals surface area contributed by atoms with E-state index in [4.69, 9.17) is 10.00 Å². The fraction of sp³-hybridized carbons (Fsp3) is 0.462. The van der Waals surface area contributed by atoms with Crippen LogP contribution in [0.5, 0.6) is 5.75 Å². The van der Waals surface area contributed by atoms with Crippen molar-refractivity contribution >= 4 is 0 Å². The Labute approximate surface area is 91.5 Å². The summed E-state index contributed by atoms with van der Waals surface area (Å²) in [5.41, 5.74) is 2.78. The quantitative estimate of drug-likeness (QED) is 0.702. The molecule has 0 heterocycles. The lowest BCUT2D eigenvalue weighted by Crippen LogP contribution is -2.14. The maximum absolute atomic E-state index is 9.03. The van der Waals surface area contributed by atoms with Gasteiger partial charge >= 0.3 is 0 Å². The monoisotopic (exact) mass is 203 g/mol. The topological polar surface area (TPSA) is 33.0 Å². The Morgan fingerprint density at radius 3 is 2.27 bits per heavy atom. The molecular weight excluding hydrogens is 186 g/mol. The van der Waals surface area contributed by atoms with Gasteiger partial charge in [-0.25, -0.2) is 0 Å². The Bertz CT molecular complexity index is 408. The molecule has 0 radical (unpaired) electrons. The molecule has 0 aromatic heterocycles. The van der Waals surface area contributed by atoms with E-state index in [2.05, 4.69) is 32.9 Å².